The van der Waals surface area contributed by atoms with E-state index in [9.17, 15) is 0 Å². The topological polar surface area (TPSA) is 6.48 Å². The molecule has 0 radical (unpaired) electrons. The van der Waals surface area contributed by atoms with Gasteiger partial charge >= 0.3 is 0 Å². The van der Waals surface area contributed by atoms with Crippen molar-refractivity contribution in [2.45, 2.75) is 155 Å². The molecule has 1 aliphatic heterocycles. The second-order valence-corrected chi connectivity index (χ2v) is 9.83. The van der Waals surface area contributed by atoms with Gasteiger partial charge in [-0.05, 0) is 19.3 Å². The Kier molecular flexibility index (Phi) is 18.5. The van der Waals surface area contributed by atoms with Crippen LogP contribution in [-0.2, 0) is 0 Å². The Morgan fingerprint density at radius 3 is 1.37 bits per heavy atom. The van der Waals surface area contributed by atoms with Gasteiger partial charge in [0.05, 0.1) is 0 Å². The molecule has 0 N–H and O–H groups in total. The first-order valence-corrected chi connectivity index (χ1v) is 14.0. The number of unbranched alkanes of at least 4 members (excludes halogenated alkanes) is 18. The number of rotatable bonds is 22. The summed E-state index contributed by atoms with van der Waals surface area (Å²) >= 11 is 0. The van der Waals surface area contributed by atoms with Crippen molar-refractivity contribution in [1.29, 1.82) is 0 Å². The van der Waals surface area contributed by atoms with Crippen LogP contribution in [0, 0.1) is 0 Å². The smallest absolute Gasteiger partial charge is 0.100 e. The second kappa shape index (κ2) is 20.3. The SMILES string of the molecule is CCCCCCCCCCCCCC1N(C)C=CN1CCCCCCCCCCC. The molecule has 1 aliphatic rings. The molecular weight excluding hydrogens is 364 g/mol. The van der Waals surface area contributed by atoms with E-state index in [1.54, 1.807) is 0 Å². The number of nitrogens with zero attached hydrogens (tertiary/aromatic N) is 2. The zero-order valence-corrected chi connectivity index (χ0v) is 21.2. The molecule has 0 aliphatic carbocycles. The molecule has 0 fully saturated rings. The minimum Gasteiger partial charge on any atom is -0.359 e. The highest BCUT2D eigenvalue weighted by Crippen LogP contribution is 2.21. The maximum absolute atomic E-state index is 2.61. The van der Waals surface area contributed by atoms with Crippen molar-refractivity contribution >= 4 is 0 Å². The van der Waals surface area contributed by atoms with Gasteiger partial charge in [-0.1, -0.05) is 129 Å². The van der Waals surface area contributed by atoms with Gasteiger partial charge < -0.3 is 9.80 Å². The van der Waals surface area contributed by atoms with Crippen molar-refractivity contribution in [2.75, 3.05) is 13.6 Å². The van der Waals surface area contributed by atoms with E-state index in [1.807, 2.05) is 0 Å². The van der Waals surface area contributed by atoms with Crippen LogP contribution < -0.4 is 0 Å². The lowest BCUT2D eigenvalue weighted by atomic mass is 10.0. The third-order valence-corrected chi connectivity index (χ3v) is 6.93. The molecule has 30 heavy (non-hydrogen) atoms. The van der Waals surface area contributed by atoms with Gasteiger partial charge in [-0.2, -0.15) is 0 Å². The van der Waals surface area contributed by atoms with Gasteiger partial charge in [-0.25, -0.2) is 0 Å². The molecule has 2 nitrogen and oxygen atoms in total. The van der Waals surface area contributed by atoms with E-state index in [-0.39, 0.29) is 0 Å². The Balaban J connectivity index is 1.95. The summed E-state index contributed by atoms with van der Waals surface area (Å²) in [5, 5.41) is 0. The van der Waals surface area contributed by atoms with E-state index >= 15 is 0 Å². The Morgan fingerprint density at radius 1 is 0.500 bits per heavy atom. The summed E-state index contributed by atoms with van der Waals surface area (Å²) in [5.41, 5.74) is 0. The summed E-state index contributed by atoms with van der Waals surface area (Å²) in [6.45, 7) is 5.85. The molecule has 0 spiro atoms. The van der Waals surface area contributed by atoms with Crippen molar-refractivity contribution in [3.8, 4) is 0 Å². The fourth-order valence-electron chi connectivity index (χ4n) is 4.81. The van der Waals surface area contributed by atoms with Gasteiger partial charge in [0.2, 0.25) is 0 Å². The maximum Gasteiger partial charge on any atom is 0.100 e. The van der Waals surface area contributed by atoms with E-state index in [2.05, 4.69) is 43.1 Å². The van der Waals surface area contributed by atoms with E-state index in [0.717, 1.165) is 0 Å². The van der Waals surface area contributed by atoms with Crippen LogP contribution in [0.3, 0.4) is 0 Å². The van der Waals surface area contributed by atoms with Crippen LogP contribution in [0.5, 0.6) is 0 Å². The molecule has 1 unspecified atom stereocenters. The average Bonchev–Trinajstić information content (AvgIpc) is 3.10. The lowest BCUT2D eigenvalue weighted by Crippen LogP contribution is -2.37. The molecule has 1 rings (SSSR count). The van der Waals surface area contributed by atoms with Gasteiger partial charge in [0.25, 0.3) is 0 Å². The third-order valence-electron chi connectivity index (χ3n) is 6.93. The lowest BCUT2D eigenvalue weighted by Gasteiger charge is -2.30. The van der Waals surface area contributed by atoms with Gasteiger partial charge in [0.1, 0.15) is 6.17 Å². The van der Waals surface area contributed by atoms with Gasteiger partial charge in [0.15, 0.2) is 0 Å². The average molecular weight is 421 g/mol. The fraction of sp³-hybridized carbons (Fsp3) is 0.929. The highest BCUT2D eigenvalue weighted by atomic mass is 15.4. The van der Waals surface area contributed by atoms with Gasteiger partial charge in [0, 0.05) is 26.0 Å². The molecular formula is C28H56N2. The van der Waals surface area contributed by atoms with Crippen molar-refractivity contribution in [3.05, 3.63) is 12.4 Å². The van der Waals surface area contributed by atoms with Crippen LogP contribution in [0.1, 0.15) is 149 Å². The van der Waals surface area contributed by atoms with Crippen LogP contribution in [0.15, 0.2) is 12.4 Å². The van der Waals surface area contributed by atoms with Crippen molar-refractivity contribution in [3.63, 3.8) is 0 Å². The monoisotopic (exact) mass is 420 g/mol. The molecule has 1 atom stereocenters. The van der Waals surface area contributed by atoms with Crippen LogP contribution in [-0.4, -0.2) is 29.6 Å². The normalized spacial score (nSPS) is 16.2. The first kappa shape index (κ1) is 27.4. The minimum atomic E-state index is 0.623. The van der Waals surface area contributed by atoms with Crippen molar-refractivity contribution < 1.29 is 0 Å². The number of hydrogen-bond donors (Lipinski definition) is 0. The molecule has 0 aromatic rings. The molecule has 0 saturated carbocycles. The molecule has 0 amide bonds. The largest absolute Gasteiger partial charge is 0.359 e. The lowest BCUT2D eigenvalue weighted by molar-refractivity contribution is 0.159. The Hall–Kier alpha value is -0.660. The summed E-state index contributed by atoms with van der Waals surface area (Å²) < 4.78 is 0. The first-order chi connectivity index (χ1) is 14.8. The van der Waals surface area contributed by atoms with Crippen LogP contribution in [0.2, 0.25) is 0 Å². The quantitative estimate of drug-likeness (QED) is 0.161. The fourth-order valence-corrected chi connectivity index (χ4v) is 4.81. The minimum absolute atomic E-state index is 0.623. The Labute approximate surface area is 190 Å². The Morgan fingerprint density at radius 2 is 0.900 bits per heavy atom. The molecule has 2 heteroatoms. The van der Waals surface area contributed by atoms with E-state index in [4.69, 9.17) is 0 Å². The number of hydrogen-bond acceptors (Lipinski definition) is 2. The van der Waals surface area contributed by atoms with E-state index in [1.165, 1.54) is 141 Å². The van der Waals surface area contributed by atoms with Crippen LogP contribution in [0.4, 0.5) is 0 Å². The summed E-state index contributed by atoms with van der Waals surface area (Å²) in [4.78, 5) is 5.04. The highest BCUT2D eigenvalue weighted by Gasteiger charge is 2.22. The standard InChI is InChI=1S/C28H56N2/c1-4-6-8-10-12-14-15-16-18-20-22-24-28-29(3)26-27-30(28)25-23-21-19-17-13-11-9-7-5-2/h26-28H,4-25H2,1-3H3. The second-order valence-electron chi connectivity index (χ2n) is 9.83. The van der Waals surface area contributed by atoms with Crippen molar-refractivity contribution in [2.24, 2.45) is 0 Å². The molecule has 0 aromatic carbocycles. The van der Waals surface area contributed by atoms with Crippen molar-refractivity contribution in [1.82, 2.24) is 9.80 Å². The molecule has 178 valence electrons. The zero-order valence-electron chi connectivity index (χ0n) is 21.2. The van der Waals surface area contributed by atoms with Gasteiger partial charge in [-0.15, -0.1) is 0 Å². The van der Waals surface area contributed by atoms with Gasteiger partial charge in [-0.3, -0.25) is 0 Å². The summed E-state index contributed by atoms with van der Waals surface area (Å²) in [6.07, 6.45) is 35.2. The Bertz CT molecular complexity index is 379. The molecule has 0 bridgehead atoms. The molecule has 0 saturated heterocycles. The maximum atomic E-state index is 2.61. The summed E-state index contributed by atoms with van der Waals surface area (Å²) in [7, 11) is 2.26. The zero-order chi connectivity index (χ0) is 21.7. The molecule has 0 aromatic heterocycles. The predicted octanol–water partition coefficient (Wildman–Crippen LogP) is 9.26. The van der Waals surface area contributed by atoms with E-state index in [0.29, 0.717) is 6.17 Å². The summed E-state index contributed by atoms with van der Waals surface area (Å²) in [6, 6.07) is 0. The predicted molar refractivity (Wildman–Crippen MR) is 136 cm³/mol. The summed E-state index contributed by atoms with van der Waals surface area (Å²) in [5.74, 6) is 0. The third kappa shape index (κ3) is 14.4. The van der Waals surface area contributed by atoms with Crippen LogP contribution >= 0.6 is 0 Å². The van der Waals surface area contributed by atoms with E-state index < -0.39 is 0 Å². The van der Waals surface area contributed by atoms with Crippen LogP contribution in [0.25, 0.3) is 0 Å². The highest BCUT2D eigenvalue weighted by molar-refractivity contribution is 4.95. The first-order valence-electron chi connectivity index (χ1n) is 14.0. The molecule has 1 heterocycles.